The molecule has 0 bridgehead atoms. The molecule has 0 aromatic heterocycles. The summed E-state index contributed by atoms with van der Waals surface area (Å²) >= 11 is 5.45. The molecule has 5 heteroatoms. The fourth-order valence-electron chi connectivity index (χ4n) is 1.18. The van der Waals surface area contributed by atoms with Gasteiger partial charge in [0.1, 0.15) is 0 Å². The Morgan fingerprint density at radius 3 is 2.64 bits per heavy atom. The van der Waals surface area contributed by atoms with Gasteiger partial charge in [-0.2, -0.15) is 0 Å². The van der Waals surface area contributed by atoms with Crippen molar-refractivity contribution in [2.75, 3.05) is 24.7 Å². The molecule has 0 unspecified atom stereocenters. The predicted octanol–water partition coefficient (Wildman–Crippen LogP) is 0.651. The largest absolute Gasteiger partial charge is 0.214 e. The van der Waals surface area contributed by atoms with Gasteiger partial charge in [-0.25, -0.2) is 12.7 Å². The molecule has 0 amide bonds. The zero-order valence-electron chi connectivity index (χ0n) is 6.29. The molecule has 1 heterocycles. The Bertz CT molecular complexity index is 215. The average molecular weight is 198 g/mol. The van der Waals surface area contributed by atoms with Crippen molar-refractivity contribution >= 4 is 21.6 Å². The molecule has 0 aliphatic carbocycles. The van der Waals surface area contributed by atoms with Crippen LogP contribution in [-0.4, -0.2) is 37.4 Å². The third-order valence-corrected chi connectivity index (χ3v) is 3.97. The van der Waals surface area contributed by atoms with E-state index in [9.17, 15) is 8.42 Å². The van der Waals surface area contributed by atoms with Gasteiger partial charge < -0.3 is 0 Å². The van der Waals surface area contributed by atoms with Crippen LogP contribution < -0.4 is 0 Å². The second-order valence-corrected chi connectivity index (χ2v) is 5.08. The minimum absolute atomic E-state index is 0.315. The van der Waals surface area contributed by atoms with Crippen LogP contribution in [0.5, 0.6) is 0 Å². The highest BCUT2D eigenvalue weighted by molar-refractivity contribution is 7.89. The van der Waals surface area contributed by atoms with E-state index in [1.54, 1.807) is 0 Å². The topological polar surface area (TPSA) is 37.4 Å². The van der Waals surface area contributed by atoms with E-state index in [0.29, 0.717) is 24.7 Å². The smallest absolute Gasteiger partial charge is 0.212 e. The highest BCUT2D eigenvalue weighted by Gasteiger charge is 2.26. The summed E-state index contributed by atoms with van der Waals surface area (Å²) in [7, 11) is -2.88. The molecule has 0 radical (unpaired) electrons. The summed E-state index contributed by atoms with van der Waals surface area (Å²) in [6.07, 6.45) is 1.52. The van der Waals surface area contributed by atoms with Crippen LogP contribution in [0.4, 0.5) is 0 Å². The van der Waals surface area contributed by atoms with Gasteiger partial charge in [0.05, 0.1) is 5.75 Å². The molecule has 0 atom stereocenters. The van der Waals surface area contributed by atoms with E-state index in [2.05, 4.69) is 0 Å². The number of hydrogen-bond donors (Lipinski definition) is 0. The summed E-state index contributed by atoms with van der Waals surface area (Å²) in [6, 6.07) is 0. The summed E-state index contributed by atoms with van der Waals surface area (Å²) in [5.74, 6) is 0.849. The van der Waals surface area contributed by atoms with Gasteiger partial charge in [0.2, 0.25) is 10.0 Å². The lowest BCUT2D eigenvalue weighted by atomic mass is 10.4. The lowest BCUT2D eigenvalue weighted by molar-refractivity contribution is 0.444. The standard InChI is InChI=1S/C6H12ClNO2S/c7-3-1-4-8-5-2-6-11(8,9)10/h1-6H2. The molecule has 1 rings (SSSR count). The molecule has 1 aliphatic heterocycles. The molecular formula is C6H12ClNO2S. The first-order valence-corrected chi connectivity index (χ1v) is 5.85. The van der Waals surface area contributed by atoms with Crippen LogP contribution in [0.25, 0.3) is 0 Å². The van der Waals surface area contributed by atoms with Crippen molar-refractivity contribution in [3.63, 3.8) is 0 Å². The Morgan fingerprint density at radius 1 is 1.45 bits per heavy atom. The molecule has 0 aromatic rings. The molecule has 0 aromatic carbocycles. The predicted molar refractivity (Wildman–Crippen MR) is 45.3 cm³/mol. The highest BCUT2D eigenvalue weighted by atomic mass is 35.5. The van der Waals surface area contributed by atoms with Crippen LogP contribution in [0.15, 0.2) is 0 Å². The molecule has 0 N–H and O–H groups in total. The second kappa shape index (κ2) is 3.74. The third kappa shape index (κ3) is 2.32. The molecule has 1 saturated heterocycles. The molecule has 0 saturated carbocycles. The summed E-state index contributed by atoms with van der Waals surface area (Å²) in [4.78, 5) is 0. The zero-order chi connectivity index (χ0) is 8.32. The summed E-state index contributed by atoms with van der Waals surface area (Å²) < 4.78 is 23.8. The lowest BCUT2D eigenvalue weighted by Gasteiger charge is -2.12. The third-order valence-electron chi connectivity index (χ3n) is 1.74. The number of rotatable bonds is 3. The molecular weight excluding hydrogens is 186 g/mol. The van der Waals surface area contributed by atoms with Gasteiger partial charge in [0.15, 0.2) is 0 Å². The minimum Gasteiger partial charge on any atom is -0.212 e. The maximum absolute atomic E-state index is 11.2. The van der Waals surface area contributed by atoms with Crippen molar-refractivity contribution < 1.29 is 8.42 Å². The van der Waals surface area contributed by atoms with Crippen LogP contribution in [0.1, 0.15) is 12.8 Å². The van der Waals surface area contributed by atoms with Crippen molar-refractivity contribution in [3.05, 3.63) is 0 Å². The second-order valence-electron chi connectivity index (χ2n) is 2.61. The molecule has 1 fully saturated rings. The van der Waals surface area contributed by atoms with E-state index >= 15 is 0 Å². The summed E-state index contributed by atoms with van der Waals surface area (Å²) in [5.41, 5.74) is 0. The Balaban J connectivity index is 2.45. The fraction of sp³-hybridized carbons (Fsp3) is 1.00. The first-order valence-electron chi connectivity index (χ1n) is 3.70. The van der Waals surface area contributed by atoms with Crippen molar-refractivity contribution in [2.24, 2.45) is 0 Å². The van der Waals surface area contributed by atoms with E-state index in [1.165, 1.54) is 4.31 Å². The van der Waals surface area contributed by atoms with Crippen molar-refractivity contribution in [3.8, 4) is 0 Å². The number of hydrogen-bond acceptors (Lipinski definition) is 2. The van der Waals surface area contributed by atoms with Crippen LogP contribution >= 0.6 is 11.6 Å². The molecule has 0 spiro atoms. The maximum atomic E-state index is 11.2. The SMILES string of the molecule is O=S1(=O)CCCN1CCCCl. The van der Waals surface area contributed by atoms with Crippen LogP contribution in [0.3, 0.4) is 0 Å². The number of nitrogens with zero attached hydrogens (tertiary/aromatic N) is 1. The van der Waals surface area contributed by atoms with Crippen LogP contribution in [0.2, 0.25) is 0 Å². The summed E-state index contributed by atoms with van der Waals surface area (Å²) in [5, 5.41) is 0. The monoisotopic (exact) mass is 197 g/mol. The maximum Gasteiger partial charge on any atom is 0.214 e. The fourth-order valence-corrected chi connectivity index (χ4v) is 2.86. The van der Waals surface area contributed by atoms with Crippen LogP contribution in [-0.2, 0) is 10.0 Å². The molecule has 3 nitrogen and oxygen atoms in total. The zero-order valence-corrected chi connectivity index (χ0v) is 7.86. The normalized spacial score (nSPS) is 24.1. The van der Waals surface area contributed by atoms with E-state index < -0.39 is 10.0 Å². The van der Waals surface area contributed by atoms with Gasteiger partial charge in [0, 0.05) is 19.0 Å². The first kappa shape index (κ1) is 9.29. The van der Waals surface area contributed by atoms with Gasteiger partial charge in [-0.05, 0) is 12.8 Å². The van der Waals surface area contributed by atoms with Gasteiger partial charge in [-0.1, -0.05) is 0 Å². The van der Waals surface area contributed by atoms with Gasteiger partial charge in [0.25, 0.3) is 0 Å². The van der Waals surface area contributed by atoms with Crippen molar-refractivity contribution in [2.45, 2.75) is 12.8 Å². The summed E-state index contributed by atoms with van der Waals surface area (Å²) in [6.45, 7) is 1.27. The molecule has 1 aliphatic rings. The van der Waals surface area contributed by atoms with Crippen molar-refractivity contribution in [1.82, 2.24) is 4.31 Å². The Labute approximate surface area is 72.4 Å². The van der Waals surface area contributed by atoms with E-state index in [1.807, 2.05) is 0 Å². The first-order chi connectivity index (χ1) is 5.17. The Kier molecular flexibility index (Phi) is 3.16. The van der Waals surface area contributed by atoms with Crippen LogP contribution in [0, 0.1) is 0 Å². The molecule has 11 heavy (non-hydrogen) atoms. The van der Waals surface area contributed by atoms with Gasteiger partial charge >= 0.3 is 0 Å². The molecule has 66 valence electrons. The Morgan fingerprint density at radius 2 is 2.18 bits per heavy atom. The van der Waals surface area contributed by atoms with E-state index in [-0.39, 0.29) is 0 Å². The number of halogens is 1. The highest BCUT2D eigenvalue weighted by Crippen LogP contribution is 2.13. The van der Waals surface area contributed by atoms with Gasteiger partial charge in [-0.15, -0.1) is 11.6 Å². The Hall–Kier alpha value is 0.200. The van der Waals surface area contributed by atoms with E-state index in [0.717, 1.165) is 12.8 Å². The van der Waals surface area contributed by atoms with E-state index in [4.69, 9.17) is 11.6 Å². The average Bonchev–Trinajstić information content (AvgIpc) is 2.25. The minimum atomic E-state index is -2.88. The number of sulfonamides is 1. The number of alkyl halides is 1. The van der Waals surface area contributed by atoms with Crippen molar-refractivity contribution in [1.29, 1.82) is 0 Å². The van der Waals surface area contributed by atoms with Gasteiger partial charge in [-0.3, -0.25) is 0 Å². The quantitative estimate of drug-likeness (QED) is 0.624. The lowest BCUT2D eigenvalue weighted by Crippen LogP contribution is -2.26.